The molecule has 0 bridgehead atoms. The van der Waals surface area contributed by atoms with Crippen LogP contribution in [0.4, 0.5) is 0 Å². The molecule has 0 N–H and O–H groups in total. The highest BCUT2D eigenvalue weighted by Crippen LogP contribution is 2.36. The summed E-state index contributed by atoms with van der Waals surface area (Å²) in [6.07, 6.45) is 1.82. The van der Waals surface area contributed by atoms with Crippen LogP contribution in [0.15, 0.2) is 65.5 Å². The largest absolute Gasteiger partial charge is 0.493 e. The monoisotopic (exact) mass is 431 g/mol. The third-order valence-electron chi connectivity index (χ3n) is 4.75. The van der Waals surface area contributed by atoms with Crippen molar-refractivity contribution in [1.29, 1.82) is 0 Å². The Bertz CT molecular complexity index is 1320. The summed E-state index contributed by atoms with van der Waals surface area (Å²) in [5, 5.41) is 4.10. The van der Waals surface area contributed by atoms with Crippen molar-refractivity contribution in [3.63, 3.8) is 0 Å². The molecule has 0 aliphatic heterocycles. The van der Waals surface area contributed by atoms with Gasteiger partial charge >= 0.3 is 0 Å². The third-order valence-corrected chi connectivity index (χ3v) is 6.50. The predicted octanol–water partition coefficient (Wildman–Crippen LogP) is 6.17. The van der Waals surface area contributed by atoms with Gasteiger partial charge in [0.25, 0.3) is 0 Å². The van der Waals surface area contributed by atoms with Crippen LogP contribution >= 0.6 is 22.7 Å². The molecule has 5 aromatic rings. The van der Waals surface area contributed by atoms with Gasteiger partial charge in [0.05, 0.1) is 24.0 Å². The lowest BCUT2D eigenvalue weighted by molar-refractivity contribution is 0.355. The number of nitrogens with zero attached hydrogens (tertiary/aromatic N) is 3. The molecular weight excluding hydrogens is 414 g/mol. The number of hydrogen-bond acceptors (Lipinski definition) is 7. The molecule has 148 valence electrons. The highest BCUT2D eigenvalue weighted by atomic mass is 32.1. The molecular formula is C23H17N3O2S2. The Kier molecular flexibility index (Phi) is 4.90. The molecule has 0 amide bonds. The topological polar surface area (TPSA) is 57.1 Å². The molecule has 5 nitrogen and oxygen atoms in total. The van der Waals surface area contributed by atoms with Crippen LogP contribution < -0.4 is 9.47 Å². The lowest BCUT2D eigenvalue weighted by atomic mass is 10.1. The second-order valence-electron chi connectivity index (χ2n) is 6.51. The number of ether oxygens (including phenoxy) is 2. The summed E-state index contributed by atoms with van der Waals surface area (Å²) in [5.41, 5.74) is 5.05. The van der Waals surface area contributed by atoms with E-state index in [2.05, 4.69) is 22.5 Å². The van der Waals surface area contributed by atoms with E-state index in [0.29, 0.717) is 17.1 Å². The van der Waals surface area contributed by atoms with Crippen molar-refractivity contribution in [2.24, 2.45) is 0 Å². The molecule has 0 saturated carbocycles. The molecule has 0 atom stereocenters. The number of aromatic nitrogens is 3. The van der Waals surface area contributed by atoms with Crippen LogP contribution in [0.25, 0.3) is 43.4 Å². The lowest BCUT2D eigenvalue weighted by Crippen LogP contribution is -1.96. The molecule has 0 aliphatic rings. The first-order valence-electron chi connectivity index (χ1n) is 9.25. The van der Waals surface area contributed by atoms with Crippen molar-refractivity contribution in [2.75, 3.05) is 14.2 Å². The molecule has 1 aromatic carbocycles. The Hall–Kier alpha value is -3.29. The van der Waals surface area contributed by atoms with Gasteiger partial charge in [0.15, 0.2) is 17.1 Å². The maximum atomic E-state index is 5.44. The van der Waals surface area contributed by atoms with Crippen LogP contribution in [-0.4, -0.2) is 29.2 Å². The predicted molar refractivity (Wildman–Crippen MR) is 122 cm³/mol. The number of thiophene rings is 2. The number of pyridine rings is 1. The van der Waals surface area contributed by atoms with E-state index in [-0.39, 0.29) is 0 Å². The Morgan fingerprint density at radius 2 is 1.43 bits per heavy atom. The Balaban J connectivity index is 1.67. The average molecular weight is 432 g/mol. The SMILES string of the molecule is COc1ccc(-c2cnc3nc(-c4cccs4)c(-c4cccs4)nc3c2)cc1OC. The highest BCUT2D eigenvalue weighted by Gasteiger charge is 2.16. The van der Waals surface area contributed by atoms with Crippen molar-refractivity contribution in [2.45, 2.75) is 0 Å². The van der Waals surface area contributed by atoms with Gasteiger partial charge in [-0.15, -0.1) is 22.7 Å². The van der Waals surface area contributed by atoms with E-state index in [0.717, 1.165) is 37.8 Å². The van der Waals surface area contributed by atoms with E-state index in [9.17, 15) is 0 Å². The van der Waals surface area contributed by atoms with Crippen LogP contribution in [0.5, 0.6) is 11.5 Å². The van der Waals surface area contributed by atoms with Gasteiger partial charge in [-0.25, -0.2) is 15.0 Å². The number of hydrogen-bond donors (Lipinski definition) is 0. The summed E-state index contributed by atoms with van der Waals surface area (Å²) in [7, 11) is 3.26. The third kappa shape index (κ3) is 3.32. The van der Waals surface area contributed by atoms with Gasteiger partial charge in [0.2, 0.25) is 0 Å². The van der Waals surface area contributed by atoms with Gasteiger partial charge < -0.3 is 9.47 Å². The zero-order chi connectivity index (χ0) is 20.5. The molecule has 4 aromatic heterocycles. The van der Waals surface area contributed by atoms with Crippen LogP contribution in [0, 0.1) is 0 Å². The number of fused-ring (bicyclic) bond motifs is 1. The minimum atomic E-state index is 0.628. The van der Waals surface area contributed by atoms with Crippen LogP contribution in [-0.2, 0) is 0 Å². The molecule has 0 aliphatic carbocycles. The number of methoxy groups -OCH3 is 2. The van der Waals surface area contributed by atoms with Gasteiger partial charge in [0, 0.05) is 11.8 Å². The molecule has 0 saturated heterocycles. The minimum Gasteiger partial charge on any atom is -0.493 e. The zero-order valence-corrected chi connectivity index (χ0v) is 18.0. The summed E-state index contributed by atoms with van der Waals surface area (Å²) in [5.74, 6) is 1.36. The normalized spacial score (nSPS) is 11.0. The smallest absolute Gasteiger partial charge is 0.178 e. The van der Waals surface area contributed by atoms with Gasteiger partial charge in [-0.3, -0.25) is 0 Å². The molecule has 0 spiro atoms. The average Bonchev–Trinajstić information content (AvgIpc) is 3.52. The Morgan fingerprint density at radius 3 is 2.07 bits per heavy atom. The molecule has 30 heavy (non-hydrogen) atoms. The first-order valence-corrected chi connectivity index (χ1v) is 11.0. The zero-order valence-electron chi connectivity index (χ0n) is 16.3. The van der Waals surface area contributed by atoms with Crippen LogP contribution in [0.2, 0.25) is 0 Å². The van der Waals surface area contributed by atoms with E-state index in [1.807, 2.05) is 48.0 Å². The molecule has 0 fully saturated rings. The summed E-state index contributed by atoms with van der Waals surface area (Å²) in [6, 6.07) is 16.0. The van der Waals surface area contributed by atoms with E-state index >= 15 is 0 Å². The van der Waals surface area contributed by atoms with Crippen molar-refractivity contribution < 1.29 is 9.47 Å². The maximum absolute atomic E-state index is 5.44. The van der Waals surface area contributed by atoms with Gasteiger partial charge in [-0.1, -0.05) is 18.2 Å². The summed E-state index contributed by atoms with van der Waals surface area (Å²) >= 11 is 3.31. The number of rotatable bonds is 5. The van der Waals surface area contributed by atoms with Crippen molar-refractivity contribution in [3.8, 4) is 43.8 Å². The van der Waals surface area contributed by atoms with Gasteiger partial charge in [-0.2, -0.15) is 0 Å². The van der Waals surface area contributed by atoms with Crippen LogP contribution in [0.3, 0.4) is 0 Å². The molecule has 4 heterocycles. The first-order chi connectivity index (χ1) is 14.8. The van der Waals surface area contributed by atoms with E-state index in [1.54, 1.807) is 36.9 Å². The Morgan fingerprint density at radius 1 is 0.733 bits per heavy atom. The maximum Gasteiger partial charge on any atom is 0.178 e. The van der Waals surface area contributed by atoms with Gasteiger partial charge in [0.1, 0.15) is 16.9 Å². The van der Waals surface area contributed by atoms with Crippen molar-refractivity contribution in [1.82, 2.24) is 15.0 Å². The van der Waals surface area contributed by atoms with E-state index in [4.69, 9.17) is 19.4 Å². The van der Waals surface area contributed by atoms with Crippen molar-refractivity contribution in [3.05, 3.63) is 65.5 Å². The minimum absolute atomic E-state index is 0.628. The fraction of sp³-hybridized carbons (Fsp3) is 0.0870. The molecule has 0 unspecified atom stereocenters. The summed E-state index contributed by atoms with van der Waals surface area (Å²) < 4.78 is 10.8. The van der Waals surface area contributed by atoms with Crippen molar-refractivity contribution >= 4 is 33.8 Å². The summed E-state index contributed by atoms with van der Waals surface area (Å²) in [4.78, 5) is 16.6. The summed E-state index contributed by atoms with van der Waals surface area (Å²) in [6.45, 7) is 0. The van der Waals surface area contributed by atoms with E-state index in [1.165, 1.54) is 0 Å². The molecule has 0 radical (unpaired) electrons. The van der Waals surface area contributed by atoms with Gasteiger partial charge in [-0.05, 0) is 46.7 Å². The first kappa shape index (κ1) is 18.7. The fourth-order valence-corrected chi connectivity index (χ4v) is 4.72. The highest BCUT2D eigenvalue weighted by molar-refractivity contribution is 7.14. The molecule has 7 heteroatoms. The quantitative estimate of drug-likeness (QED) is 0.333. The van der Waals surface area contributed by atoms with E-state index < -0.39 is 0 Å². The number of benzene rings is 1. The Labute approximate surface area is 181 Å². The lowest BCUT2D eigenvalue weighted by Gasteiger charge is -2.11. The standard InChI is InChI=1S/C23H17N3O2S2/c1-27-17-8-7-14(12-18(17)28-2)15-11-16-23(24-13-15)26-22(20-6-4-10-30-20)21(25-16)19-5-3-9-29-19/h3-13H,1-2H3. The fourth-order valence-electron chi connectivity index (χ4n) is 3.29. The molecule has 5 rings (SSSR count). The van der Waals surface area contributed by atoms with Crippen LogP contribution in [0.1, 0.15) is 0 Å². The second-order valence-corrected chi connectivity index (χ2v) is 8.41. The second kappa shape index (κ2) is 7.85.